The van der Waals surface area contributed by atoms with Crippen molar-refractivity contribution >= 4 is 17.8 Å². The fraction of sp³-hybridized carbons (Fsp3) is 0.800. The number of amides is 2. The maximum atomic E-state index is 12.2. The van der Waals surface area contributed by atoms with Crippen molar-refractivity contribution in [1.82, 2.24) is 15.5 Å². The van der Waals surface area contributed by atoms with Crippen molar-refractivity contribution in [2.75, 3.05) is 20.1 Å². The molecular formula is C15H27N3O4. The Labute approximate surface area is 131 Å². The standard InChI is InChI=1S/C15H27N3O4/c1-3-11(15(21)22)17-9-5-4-8-13(19)18-10-6-7-12(18)14(20)16-2/h11-12,17H,3-10H2,1-2H3,(H,16,20)(H,21,22)/t11-,12+/m1/s1. The van der Waals surface area contributed by atoms with Gasteiger partial charge in [0.2, 0.25) is 11.8 Å². The first kappa shape index (κ1) is 18.4. The molecule has 0 saturated carbocycles. The number of likely N-dealkylation sites (N-methyl/N-ethyl adjacent to an activating group) is 1. The minimum Gasteiger partial charge on any atom is -0.480 e. The van der Waals surface area contributed by atoms with Crippen LogP contribution in [0.4, 0.5) is 0 Å². The second-order valence-corrected chi connectivity index (χ2v) is 5.57. The van der Waals surface area contributed by atoms with Gasteiger partial charge in [0.05, 0.1) is 0 Å². The average Bonchev–Trinajstić information content (AvgIpc) is 2.99. The molecular weight excluding hydrogens is 286 g/mol. The van der Waals surface area contributed by atoms with E-state index in [1.165, 1.54) is 0 Å². The van der Waals surface area contributed by atoms with Crippen LogP contribution >= 0.6 is 0 Å². The molecule has 7 heteroatoms. The number of unbranched alkanes of at least 4 members (excludes halogenated alkanes) is 1. The summed E-state index contributed by atoms with van der Waals surface area (Å²) >= 11 is 0. The Balaban J connectivity index is 2.26. The summed E-state index contributed by atoms with van der Waals surface area (Å²) in [6.07, 6.45) is 3.97. The lowest BCUT2D eigenvalue weighted by Gasteiger charge is -2.23. The van der Waals surface area contributed by atoms with Gasteiger partial charge in [-0.05, 0) is 38.6 Å². The molecule has 22 heavy (non-hydrogen) atoms. The van der Waals surface area contributed by atoms with E-state index in [-0.39, 0.29) is 17.9 Å². The Morgan fingerprint density at radius 1 is 1.32 bits per heavy atom. The van der Waals surface area contributed by atoms with Crippen molar-refractivity contribution in [3.63, 3.8) is 0 Å². The molecule has 0 bridgehead atoms. The molecule has 1 rings (SSSR count). The molecule has 7 nitrogen and oxygen atoms in total. The number of carbonyl (C=O) groups excluding carboxylic acids is 2. The number of nitrogens with one attached hydrogen (secondary N) is 2. The summed E-state index contributed by atoms with van der Waals surface area (Å²) in [5.74, 6) is -0.930. The van der Waals surface area contributed by atoms with Crippen LogP contribution in [-0.2, 0) is 14.4 Å². The Hall–Kier alpha value is -1.63. The highest BCUT2D eigenvalue weighted by molar-refractivity contribution is 5.88. The number of hydrogen-bond acceptors (Lipinski definition) is 4. The molecule has 0 aromatic rings. The largest absolute Gasteiger partial charge is 0.480 e. The van der Waals surface area contributed by atoms with Crippen LogP contribution in [0, 0.1) is 0 Å². The number of rotatable bonds is 9. The lowest BCUT2D eigenvalue weighted by atomic mass is 10.1. The summed E-state index contributed by atoms with van der Waals surface area (Å²) in [5, 5.41) is 14.5. The lowest BCUT2D eigenvalue weighted by Crippen LogP contribution is -2.44. The number of carboxylic acids is 1. The Morgan fingerprint density at radius 3 is 2.64 bits per heavy atom. The summed E-state index contributed by atoms with van der Waals surface area (Å²) < 4.78 is 0. The monoisotopic (exact) mass is 313 g/mol. The summed E-state index contributed by atoms with van der Waals surface area (Å²) in [5.41, 5.74) is 0. The first-order valence-electron chi connectivity index (χ1n) is 7.98. The van der Waals surface area contributed by atoms with Gasteiger partial charge in [0, 0.05) is 20.0 Å². The maximum absolute atomic E-state index is 12.2. The molecule has 1 aliphatic rings. The van der Waals surface area contributed by atoms with E-state index in [9.17, 15) is 14.4 Å². The molecule has 0 radical (unpaired) electrons. The van der Waals surface area contributed by atoms with Crippen LogP contribution in [0.2, 0.25) is 0 Å². The fourth-order valence-corrected chi connectivity index (χ4v) is 2.73. The van der Waals surface area contributed by atoms with Crippen LogP contribution in [-0.4, -0.2) is 60.0 Å². The van der Waals surface area contributed by atoms with Crippen molar-refractivity contribution < 1.29 is 19.5 Å². The Morgan fingerprint density at radius 2 is 2.05 bits per heavy atom. The first-order chi connectivity index (χ1) is 10.5. The van der Waals surface area contributed by atoms with E-state index < -0.39 is 12.0 Å². The van der Waals surface area contributed by atoms with Crippen LogP contribution in [0.15, 0.2) is 0 Å². The van der Waals surface area contributed by atoms with Crippen LogP contribution in [0.1, 0.15) is 45.4 Å². The smallest absolute Gasteiger partial charge is 0.320 e. The molecule has 3 N–H and O–H groups in total. The molecule has 0 spiro atoms. The maximum Gasteiger partial charge on any atom is 0.320 e. The van der Waals surface area contributed by atoms with Gasteiger partial charge in [-0.25, -0.2) is 0 Å². The van der Waals surface area contributed by atoms with Crippen molar-refractivity contribution in [2.45, 2.75) is 57.5 Å². The van der Waals surface area contributed by atoms with Crippen molar-refractivity contribution in [3.8, 4) is 0 Å². The Kier molecular flexibility index (Phi) is 7.87. The number of aliphatic carboxylic acids is 1. The van der Waals surface area contributed by atoms with Crippen molar-refractivity contribution in [2.24, 2.45) is 0 Å². The summed E-state index contributed by atoms with van der Waals surface area (Å²) in [6.45, 7) is 3.05. The number of carbonyl (C=O) groups is 3. The average molecular weight is 313 g/mol. The summed E-state index contributed by atoms with van der Waals surface area (Å²) in [6, 6.07) is -0.848. The van der Waals surface area contributed by atoms with Gasteiger partial charge in [0.25, 0.3) is 0 Å². The van der Waals surface area contributed by atoms with Gasteiger partial charge >= 0.3 is 5.97 Å². The zero-order valence-corrected chi connectivity index (χ0v) is 13.4. The summed E-state index contributed by atoms with van der Waals surface area (Å²) in [7, 11) is 1.58. The van der Waals surface area contributed by atoms with E-state index in [1.807, 2.05) is 6.92 Å². The number of nitrogens with zero attached hydrogens (tertiary/aromatic N) is 1. The topological polar surface area (TPSA) is 98.7 Å². The minimum absolute atomic E-state index is 0.0105. The van der Waals surface area contributed by atoms with Gasteiger partial charge < -0.3 is 20.6 Å². The van der Waals surface area contributed by atoms with Gasteiger partial charge in [0.1, 0.15) is 12.1 Å². The van der Waals surface area contributed by atoms with E-state index in [2.05, 4.69) is 10.6 Å². The molecule has 1 fully saturated rings. The van der Waals surface area contributed by atoms with E-state index >= 15 is 0 Å². The molecule has 0 aliphatic carbocycles. The second-order valence-electron chi connectivity index (χ2n) is 5.57. The van der Waals surface area contributed by atoms with Crippen LogP contribution < -0.4 is 10.6 Å². The molecule has 1 heterocycles. The van der Waals surface area contributed by atoms with Crippen LogP contribution in [0.3, 0.4) is 0 Å². The van der Waals surface area contributed by atoms with Crippen LogP contribution in [0.5, 0.6) is 0 Å². The molecule has 0 aromatic heterocycles. The normalized spacial score (nSPS) is 19.0. The van der Waals surface area contributed by atoms with Crippen molar-refractivity contribution in [1.29, 1.82) is 0 Å². The second kappa shape index (κ2) is 9.40. The minimum atomic E-state index is -0.843. The lowest BCUT2D eigenvalue weighted by molar-refractivity contribution is -0.139. The van der Waals surface area contributed by atoms with Gasteiger partial charge in [-0.2, -0.15) is 0 Å². The number of carboxylic acid groups (broad SMARTS) is 1. The fourth-order valence-electron chi connectivity index (χ4n) is 2.73. The van der Waals surface area contributed by atoms with Gasteiger partial charge in [-0.3, -0.25) is 14.4 Å². The molecule has 0 unspecified atom stereocenters. The number of hydrogen-bond donors (Lipinski definition) is 3. The van der Waals surface area contributed by atoms with E-state index in [0.717, 1.165) is 19.3 Å². The third kappa shape index (κ3) is 5.29. The Bertz CT molecular complexity index is 400. The van der Waals surface area contributed by atoms with E-state index in [0.29, 0.717) is 32.4 Å². The highest BCUT2D eigenvalue weighted by Crippen LogP contribution is 2.19. The van der Waals surface area contributed by atoms with Gasteiger partial charge in [0.15, 0.2) is 0 Å². The van der Waals surface area contributed by atoms with Crippen molar-refractivity contribution in [3.05, 3.63) is 0 Å². The molecule has 1 saturated heterocycles. The molecule has 2 amide bonds. The zero-order valence-electron chi connectivity index (χ0n) is 13.4. The third-order valence-electron chi connectivity index (χ3n) is 4.04. The SMILES string of the molecule is CC[C@@H](NCCCCC(=O)N1CCC[C@H]1C(=O)NC)C(=O)O. The predicted molar refractivity (Wildman–Crippen MR) is 82.4 cm³/mol. The molecule has 1 aliphatic heterocycles. The predicted octanol–water partition coefficient (Wildman–Crippen LogP) is 0.347. The molecule has 126 valence electrons. The van der Waals surface area contributed by atoms with E-state index in [1.54, 1.807) is 11.9 Å². The number of likely N-dealkylation sites (tertiary alicyclic amines) is 1. The quantitative estimate of drug-likeness (QED) is 0.533. The molecule has 0 aromatic carbocycles. The molecule has 2 atom stereocenters. The van der Waals surface area contributed by atoms with Gasteiger partial charge in [-0.15, -0.1) is 0 Å². The van der Waals surface area contributed by atoms with Gasteiger partial charge in [-0.1, -0.05) is 6.92 Å². The van der Waals surface area contributed by atoms with E-state index in [4.69, 9.17) is 5.11 Å². The first-order valence-corrected chi connectivity index (χ1v) is 7.98. The third-order valence-corrected chi connectivity index (χ3v) is 4.04. The highest BCUT2D eigenvalue weighted by Gasteiger charge is 2.32. The van der Waals surface area contributed by atoms with Crippen LogP contribution in [0.25, 0.3) is 0 Å². The summed E-state index contributed by atoms with van der Waals surface area (Å²) in [4.78, 5) is 36.4. The zero-order chi connectivity index (χ0) is 16.5. The highest BCUT2D eigenvalue weighted by atomic mass is 16.4.